The molecule has 2 aliphatic rings. The predicted octanol–water partition coefficient (Wildman–Crippen LogP) is 3.67. The number of carbonyl (C=O) groups excluding carboxylic acids is 2. The molecule has 8 nitrogen and oxygen atoms in total. The van der Waals surface area contributed by atoms with Crippen molar-refractivity contribution in [2.75, 3.05) is 6.61 Å². The van der Waals surface area contributed by atoms with Gasteiger partial charge in [-0.15, -0.1) is 0 Å². The highest BCUT2D eigenvalue weighted by Gasteiger charge is 2.50. The lowest BCUT2D eigenvalue weighted by molar-refractivity contribution is -0.333. The Morgan fingerprint density at radius 2 is 1.63 bits per heavy atom. The monoisotopic (exact) mass is 515 g/mol. The number of nitrogens with one attached hydrogen (secondary N) is 1. The Balaban J connectivity index is 1.26. The van der Waals surface area contributed by atoms with Crippen LogP contribution in [0.4, 0.5) is 0 Å². The van der Waals surface area contributed by atoms with Gasteiger partial charge >= 0.3 is 0 Å². The normalized spacial score (nSPS) is 26.9. The van der Waals surface area contributed by atoms with E-state index in [4.69, 9.17) is 18.9 Å². The molecule has 3 aromatic carbocycles. The molecule has 0 spiro atoms. The third kappa shape index (κ3) is 6.00. The first-order valence-electron chi connectivity index (χ1n) is 12.4. The van der Waals surface area contributed by atoms with Crippen molar-refractivity contribution in [2.24, 2.45) is 0 Å². The van der Waals surface area contributed by atoms with Crippen LogP contribution in [0.3, 0.4) is 0 Å². The Hall–Kier alpha value is -3.82. The van der Waals surface area contributed by atoms with Gasteiger partial charge in [-0.3, -0.25) is 9.59 Å². The molecule has 6 unspecified atom stereocenters. The van der Waals surface area contributed by atoms with E-state index >= 15 is 0 Å². The molecule has 2 fully saturated rings. The van der Waals surface area contributed by atoms with Gasteiger partial charge in [0.25, 0.3) is 0 Å². The maximum absolute atomic E-state index is 12.3. The number of fused-ring (bicyclic) bond motifs is 1. The molecule has 3 aromatic rings. The minimum atomic E-state index is -1.09. The molecule has 2 aliphatic heterocycles. The quantitative estimate of drug-likeness (QED) is 0.366. The number of hydrogen-bond donors (Lipinski definition) is 2. The molecule has 1 amide bonds. The number of benzene rings is 3. The molecule has 196 valence electrons. The molecule has 5 rings (SSSR count). The van der Waals surface area contributed by atoms with Crippen LogP contribution in [-0.2, 0) is 19.0 Å². The SMILES string of the molecule is CC(=O)NC1C(Oc2ccc(C=CC(=O)c3ccccc3)cc2)OC2COC(c3ccccc3)OC2C1O. The fourth-order valence-corrected chi connectivity index (χ4v) is 4.52. The summed E-state index contributed by atoms with van der Waals surface area (Å²) in [6, 6.07) is 24.7. The Bertz CT molecular complexity index is 1260. The van der Waals surface area contributed by atoms with Gasteiger partial charge in [-0.1, -0.05) is 78.9 Å². The van der Waals surface area contributed by atoms with E-state index in [-0.39, 0.29) is 18.3 Å². The molecule has 2 N–H and O–H groups in total. The molecule has 0 aromatic heterocycles. The topological polar surface area (TPSA) is 103 Å². The first-order valence-corrected chi connectivity index (χ1v) is 12.4. The second-order valence-electron chi connectivity index (χ2n) is 9.19. The van der Waals surface area contributed by atoms with Crippen molar-refractivity contribution in [3.8, 4) is 5.75 Å². The number of ketones is 1. The number of amides is 1. The maximum atomic E-state index is 12.3. The zero-order valence-corrected chi connectivity index (χ0v) is 20.8. The number of ether oxygens (including phenoxy) is 4. The Morgan fingerprint density at radius 1 is 0.947 bits per heavy atom. The van der Waals surface area contributed by atoms with Crippen LogP contribution in [-0.4, -0.2) is 54.0 Å². The molecule has 8 heteroatoms. The van der Waals surface area contributed by atoms with E-state index in [2.05, 4.69) is 5.32 Å². The van der Waals surface area contributed by atoms with Crippen molar-refractivity contribution in [2.45, 2.75) is 43.9 Å². The number of carbonyl (C=O) groups is 2. The summed E-state index contributed by atoms with van der Waals surface area (Å²) < 4.78 is 24.1. The van der Waals surface area contributed by atoms with Gasteiger partial charge < -0.3 is 29.4 Å². The smallest absolute Gasteiger partial charge is 0.223 e. The summed E-state index contributed by atoms with van der Waals surface area (Å²) in [5.41, 5.74) is 2.25. The summed E-state index contributed by atoms with van der Waals surface area (Å²) in [7, 11) is 0. The summed E-state index contributed by atoms with van der Waals surface area (Å²) in [5, 5.41) is 13.9. The average Bonchev–Trinajstić information content (AvgIpc) is 2.95. The van der Waals surface area contributed by atoms with Crippen molar-refractivity contribution in [3.05, 3.63) is 108 Å². The number of rotatable bonds is 7. The Labute approximate surface area is 220 Å². The van der Waals surface area contributed by atoms with E-state index in [1.165, 1.54) is 13.0 Å². The minimum absolute atomic E-state index is 0.0883. The summed E-state index contributed by atoms with van der Waals surface area (Å²) in [6.45, 7) is 1.55. The van der Waals surface area contributed by atoms with Gasteiger partial charge in [0, 0.05) is 18.1 Å². The summed E-state index contributed by atoms with van der Waals surface area (Å²) in [4.78, 5) is 24.3. The Morgan fingerprint density at radius 3 is 2.32 bits per heavy atom. The third-order valence-corrected chi connectivity index (χ3v) is 6.43. The van der Waals surface area contributed by atoms with E-state index < -0.39 is 36.9 Å². The molecule has 6 atom stereocenters. The van der Waals surface area contributed by atoms with Crippen LogP contribution in [0, 0.1) is 0 Å². The van der Waals surface area contributed by atoms with Gasteiger partial charge in [-0.2, -0.15) is 0 Å². The summed E-state index contributed by atoms with van der Waals surface area (Å²) in [6.07, 6.45) is -0.789. The van der Waals surface area contributed by atoms with Crippen LogP contribution in [0.5, 0.6) is 5.75 Å². The first kappa shape index (κ1) is 25.8. The largest absolute Gasteiger partial charge is 0.463 e. The van der Waals surface area contributed by atoms with Crippen molar-refractivity contribution in [3.63, 3.8) is 0 Å². The zero-order valence-electron chi connectivity index (χ0n) is 20.8. The fraction of sp³-hybridized carbons (Fsp3) is 0.267. The van der Waals surface area contributed by atoms with Crippen LogP contribution >= 0.6 is 0 Å². The van der Waals surface area contributed by atoms with Gasteiger partial charge in [-0.25, -0.2) is 0 Å². The number of aliphatic hydroxyl groups excluding tert-OH is 1. The van der Waals surface area contributed by atoms with E-state index in [9.17, 15) is 14.7 Å². The molecule has 0 bridgehead atoms. The summed E-state index contributed by atoms with van der Waals surface area (Å²) >= 11 is 0. The van der Waals surface area contributed by atoms with Crippen molar-refractivity contribution in [1.82, 2.24) is 5.32 Å². The van der Waals surface area contributed by atoms with Gasteiger partial charge in [0.2, 0.25) is 12.2 Å². The number of aliphatic hydroxyl groups is 1. The van der Waals surface area contributed by atoms with Crippen LogP contribution < -0.4 is 10.1 Å². The van der Waals surface area contributed by atoms with Gasteiger partial charge in [0.15, 0.2) is 12.1 Å². The van der Waals surface area contributed by atoms with Crippen LogP contribution in [0.2, 0.25) is 0 Å². The van der Waals surface area contributed by atoms with Crippen molar-refractivity contribution in [1.29, 1.82) is 0 Å². The van der Waals surface area contributed by atoms with Gasteiger partial charge in [-0.05, 0) is 23.8 Å². The second kappa shape index (κ2) is 11.7. The molecular formula is C30H29NO7. The molecule has 2 saturated heterocycles. The average molecular weight is 516 g/mol. The highest BCUT2D eigenvalue weighted by Crippen LogP contribution is 2.34. The molecule has 0 aliphatic carbocycles. The molecule has 0 saturated carbocycles. The lowest BCUT2D eigenvalue weighted by Crippen LogP contribution is -2.67. The van der Waals surface area contributed by atoms with Gasteiger partial charge in [0.1, 0.15) is 30.1 Å². The lowest BCUT2D eigenvalue weighted by Gasteiger charge is -2.47. The Kier molecular flexibility index (Phi) is 7.95. The highest BCUT2D eigenvalue weighted by atomic mass is 16.7. The second-order valence-corrected chi connectivity index (χ2v) is 9.19. The van der Waals surface area contributed by atoms with Crippen molar-refractivity contribution >= 4 is 17.8 Å². The van der Waals surface area contributed by atoms with Gasteiger partial charge in [0.05, 0.1) is 6.61 Å². The van der Waals surface area contributed by atoms with E-state index in [0.717, 1.165) is 11.1 Å². The molecule has 38 heavy (non-hydrogen) atoms. The standard InChI is InChI=1S/C30H29NO7/c1-19(32)31-26-27(34)28-25(18-35-29(38-28)22-10-6-3-7-11-22)37-30(26)36-23-15-12-20(13-16-23)14-17-24(33)21-8-4-2-5-9-21/h2-17,25-30,34H,18H2,1H3,(H,31,32). The maximum Gasteiger partial charge on any atom is 0.223 e. The van der Waals surface area contributed by atoms with E-state index in [1.54, 1.807) is 42.5 Å². The van der Waals surface area contributed by atoms with Crippen LogP contribution in [0.15, 0.2) is 91.0 Å². The van der Waals surface area contributed by atoms with Crippen LogP contribution in [0.25, 0.3) is 6.08 Å². The highest BCUT2D eigenvalue weighted by molar-refractivity contribution is 6.06. The molecule has 0 radical (unpaired) electrons. The summed E-state index contributed by atoms with van der Waals surface area (Å²) in [5.74, 6) is 0.0527. The first-order chi connectivity index (χ1) is 18.5. The molecular weight excluding hydrogens is 486 g/mol. The van der Waals surface area contributed by atoms with E-state index in [1.807, 2.05) is 48.5 Å². The van der Waals surface area contributed by atoms with Crippen LogP contribution in [0.1, 0.15) is 34.7 Å². The molecule has 2 heterocycles. The van der Waals surface area contributed by atoms with Crippen molar-refractivity contribution < 1.29 is 33.6 Å². The minimum Gasteiger partial charge on any atom is -0.463 e. The zero-order chi connectivity index (χ0) is 26.5. The van der Waals surface area contributed by atoms with E-state index in [0.29, 0.717) is 11.3 Å². The fourth-order valence-electron chi connectivity index (χ4n) is 4.52. The lowest BCUT2D eigenvalue weighted by atomic mass is 9.95. The number of allylic oxidation sites excluding steroid dienone is 1. The third-order valence-electron chi connectivity index (χ3n) is 6.43. The number of hydrogen-bond acceptors (Lipinski definition) is 7. The predicted molar refractivity (Wildman–Crippen MR) is 139 cm³/mol.